The van der Waals surface area contributed by atoms with Crippen molar-refractivity contribution >= 4 is 39.1 Å². The number of hydrogen-bond acceptors (Lipinski definition) is 4. The van der Waals surface area contributed by atoms with Gasteiger partial charge in [0, 0.05) is 37.2 Å². The van der Waals surface area contributed by atoms with Gasteiger partial charge in [0.2, 0.25) is 15.9 Å². The Morgan fingerprint density at radius 2 is 1.68 bits per heavy atom. The number of benzene rings is 2. The zero-order valence-electron chi connectivity index (χ0n) is 16.6. The molecule has 2 fully saturated rings. The van der Waals surface area contributed by atoms with Gasteiger partial charge in [0.25, 0.3) is 0 Å². The van der Waals surface area contributed by atoms with E-state index in [4.69, 9.17) is 23.2 Å². The van der Waals surface area contributed by atoms with Crippen LogP contribution in [0.4, 0.5) is 4.39 Å². The van der Waals surface area contributed by atoms with E-state index in [1.807, 2.05) is 4.90 Å². The number of halogens is 3. The lowest BCUT2D eigenvalue weighted by Gasteiger charge is -2.38. The molecule has 31 heavy (non-hydrogen) atoms. The SMILES string of the molecule is O=C(NC1CC1)[C@H](c1ccc(F)cc1)N1CCN(S(=O)(=O)c2cc(Cl)ccc2Cl)CC1. The first-order chi connectivity index (χ1) is 14.8. The van der Waals surface area contributed by atoms with Gasteiger partial charge in [-0.05, 0) is 48.7 Å². The molecule has 0 spiro atoms. The van der Waals surface area contributed by atoms with Gasteiger partial charge in [-0.1, -0.05) is 35.3 Å². The van der Waals surface area contributed by atoms with Crippen molar-refractivity contribution < 1.29 is 17.6 Å². The molecule has 2 aromatic carbocycles. The van der Waals surface area contributed by atoms with Crippen LogP contribution in [0.15, 0.2) is 47.4 Å². The monoisotopic (exact) mass is 485 g/mol. The molecule has 0 aromatic heterocycles. The van der Waals surface area contributed by atoms with Gasteiger partial charge in [-0.3, -0.25) is 9.69 Å². The van der Waals surface area contributed by atoms with Crippen molar-refractivity contribution in [2.24, 2.45) is 0 Å². The third kappa shape index (κ3) is 5.04. The van der Waals surface area contributed by atoms with E-state index in [-0.39, 0.29) is 45.8 Å². The maximum Gasteiger partial charge on any atom is 0.244 e. The molecule has 1 saturated heterocycles. The van der Waals surface area contributed by atoms with Gasteiger partial charge < -0.3 is 5.32 Å². The summed E-state index contributed by atoms with van der Waals surface area (Å²) in [4.78, 5) is 14.8. The minimum atomic E-state index is -3.82. The number of hydrogen-bond donors (Lipinski definition) is 1. The number of nitrogens with zero attached hydrogens (tertiary/aromatic N) is 2. The molecule has 4 rings (SSSR count). The molecule has 0 bridgehead atoms. The molecule has 1 aliphatic heterocycles. The summed E-state index contributed by atoms with van der Waals surface area (Å²) >= 11 is 12.1. The summed E-state index contributed by atoms with van der Waals surface area (Å²) in [5, 5.41) is 3.40. The number of rotatable bonds is 6. The van der Waals surface area contributed by atoms with Gasteiger partial charge in [-0.2, -0.15) is 4.31 Å². The topological polar surface area (TPSA) is 69.7 Å². The summed E-state index contributed by atoms with van der Waals surface area (Å²) in [7, 11) is -3.82. The predicted molar refractivity (Wildman–Crippen MR) is 117 cm³/mol. The number of carbonyl (C=O) groups excluding carboxylic acids is 1. The minimum absolute atomic E-state index is 0.0309. The minimum Gasteiger partial charge on any atom is -0.352 e. The number of sulfonamides is 1. The summed E-state index contributed by atoms with van der Waals surface area (Å²) in [6.45, 7) is 1.08. The van der Waals surface area contributed by atoms with E-state index in [1.54, 1.807) is 12.1 Å². The molecule has 1 atom stereocenters. The molecule has 2 aromatic rings. The number of piperazine rings is 1. The van der Waals surface area contributed by atoms with Gasteiger partial charge in [0.05, 0.1) is 5.02 Å². The van der Waals surface area contributed by atoms with E-state index in [0.29, 0.717) is 18.7 Å². The zero-order valence-corrected chi connectivity index (χ0v) is 18.9. The van der Waals surface area contributed by atoms with Crippen molar-refractivity contribution in [2.45, 2.75) is 29.8 Å². The maximum absolute atomic E-state index is 13.4. The lowest BCUT2D eigenvalue weighted by molar-refractivity contribution is -0.127. The molecule has 1 aliphatic carbocycles. The molecule has 1 N–H and O–H groups in total. The van der Waals surface area contributed by atoms with Crippen LogP contribution in [0.2, 0.25) is 10.0 Å². The Bertz CT molecular complexity index is 1070. The van der Waals surface area contributed by atoms with Crippen molar-refractivity contribution in [1.29, 1.82) is 0 Å². The summed E-state index contributed by atoms with van der Waals surface area (Å²) < 4.78 is 40.9. The normalized spacial score (nSPS) is 19.2. The molecule has 1 heterocycles. The average Bonchev–Trinajstić information content (AvgIpc) is 3.56. The molecule has 0 radical (unpaired) electrons. The molecule has 1 amide bonds. The number of amides is 1. The molecule has 10 heteroatoms. The fraction of sp³-hybridized carbons (Fsp3) is 0.381. The molecular weight excluding hydrogens is 464 g/mol. The predicted octanol–water partition coefficient (Wildman–Crippen LogP) is 3.46. The van der Waals surface area contributed by atoms with E-state index in [1.165, 1.54) is 34.6 Å². The average molecular weight is 486 g/mol. The van der Waals surface area contributed by atoms with Crippen molar-refractivity contribution in [3.63, 3.8) is 0 Å². The second-order valence-corrected chi connectivity index (χ2v) is 10.5. The molecule has 2 aliphatic rings. The van der Waals surface area contributed by atoms with Crippen LogP contribution in [0.1, 0.15) is 24.4 Å². The van der Waals surface area contributed by atoms with Crippen LogP contribution in [-0.4, -0.2) is 55.8 Å². The highest BCUT2D eigenvalue weighted by Gasteiger charge is 2.36. The highest BCUT2D eigenvalue weighted by molar-refractivity contribution is 7.89. The van der Waals surface area contributed by atoms with E-state index in [0.717, 1.165) is 12.8 Å². The van der Waals surface area contributed by atoms with Crippen LogP contribution in [0, 0.1) is 5.82 Å². The van der Waals surface area contributed by atoms with E-state index in [9.17, 15) is 17.6 Å². The van der Waals surface area contributed by atoms with Gasteiger partial charge in [-0.25, -0.2) is 12.8 Å². The lowest BCUT2D eigenvalue weighted by Crippen LogP contribution is -2.52. The van der Waals surface area contributed by atoms with Crippen molar-refractivity contribution in [1.82, 2.24) is 14.5 Å². The van der Waals surface area contributed by atoms with Crippen LogP contribution in [-0.2, 0) is 14.8 Å². The third-order valence-corrected chi connectivity index (χ3v) is 8.12. The molecule has 6 nitrogen and oxygen atoms in total. The Morgan fingerprint density at radius 3 is 2.29 bits per heavy atom. The Balaban J connectivity index is 1.52. The maximum atomic E-state index is 13.4. The first kappa shape index (κ1) is 22.5. The number of carbonyl (C=O) groups is 1. The Kier molecular flexibility index (Phi) is 6.55. The molecule has 1 saturated carbocycles. The second-order valence-electron chi connectivity index (χ2n) is 7.75. The smallest absolute Gasteiger partial charge is 0.244 e. The number of nitrogens with one attached hydrogen (secondary N) is 1. The molecule has 0 unspecified atom stereocenters. The van der Waals surface area contributed by atoms with Gasteiger partial charge in [0.15, 0.2) is 0 Å². The van der Waals surface area contributed by atoms with Crippen molar-refractivity contribution in [2.75, 3.05) is 26.2 Å². The zero-order chi connectivity index (χ0) is 22.2. The first-order valence-electron chi connectivity index (χ1n) is 10.0. The Hall–Kier alpha value is -1.71. The van der Waals surface area contributed by atoms with Crippen LogP contribution >= 0.6 is 23.2 Å². The highest BCUT2D eigenvalue weighted by atomic mass is 35.5. The standard InChI is InChI=1S/C21H22Cl2FN3O3S/c22-15-3-8-18(23)19(13-15)31(29,30)27-11-9-26(10-12-27)20(21(28)25-17-6-7-17)14-1-4-16(24)5-2-14/h1-5,8,13,17,20H,6-7,9-12H2,(H,25,28)/t20-/m0/s1. The largest absolute Gasteiger partial charge is 0.352 e. The van der Waals surface area contributed by atoms with Crippen molar-refractivity contribution in [3.8, 4) is 0 Å². The van der Waals surface area contributed by atoms with Gasteiger partial charge in [0.1, 0.15) is 16.8 Å². The third-order valence-electron chi connectivity index (χ3n) is 5.51. The summed E-state index contributed by atoms with van der Waals surface area (Å²) in [6, 6.07) is 9.76. The van der Waals surface area contributed by atoms with Crippen LogP contribution in [0.25, 0.3) is 0 Å². The highest BCUT2D eigenvalue weighted by Crippen LogP contribution is 2.30. The van der Waals surface area contributed by atoms with Crippen LogP contribution < -0.4 is 5.32 Å². The second kappa shape index (κ2) is 9.03. The Labute approximate surface area is 191 Å². The summed E-state index contributed by atoms with van der Waals surface area (Å²) in [6.07, 6.45) is 1.91. The molecular formula is C21H22Cl2FN3O3S. The van der Waals surface area contributed by atoms with Gasteiger partial charge in [-0.15, -0.1) is 0 Å². The fourth-order valence-electron chi connectivity index (χ4n) is 3.70. The van der Waals surface area contributed by atoms with E-state index >= 15 is 0 Å². The molecule has 166 valence electrons. The Morgan fingerprint density at radius 1 is 1.03 bits per heavy atom. The fourth-order valence-corrected chi connectivity index (χ4v) is 5.86. The summed E-state index contributed by atoms with van der Waals surface area (Å²) in [5.41, 5.74) is 0.675. The van der Waals surface area contributed by atoms with E-state index in [2.05, 4.69) is 5.32 Å². The quantitative estimate of drug-likeness (QED) is 0.679. The van der Waals surface area contributed by atoms with E-state index < -0.39 is 16.1 Å². The van der Waals surface area contributed by atoms with Crippen molar-refractivity contribution in [3.05, 3.63) is 63.9 Å². The van der Waals surface area contributed by atoms with Crippen LogP contribution in [0.5, 0.6) is 0 Å². The van der Waals surface area contributed by atoms with Gasteiger partial charge >= 0.3 is 0 Å². The summed E-state index contributed by atoms with van der Waals surface area (Å²) in [5.74, 6) is -0.525. The van der Waals surface area contributed by atoms with Crippen LogP contribution in [0.3, 0.4) is 0 Å². The first-order valence-corrected chi connectivity index (χ1v) is 12.2. The lowest BCUT2D eigenvalue weighted by atomic mass is 10.0.